The van der Waals surface area contributed by atoms with Gasteiger partial charge in [-0.05, 0) is 6.92 Å². The lowest BCUT2D eigenvalue weighted by molar-refractivity contribution is 0.395. The van der Waals surface area contributed by atoms with E-state index in [2.05, 4.69) is 9.97 Å². The van der Waals surface area contributed by atoms with Crippen LogP contribution < -0.4 is 21.1 Å². The van der Waals surface area contributed by atoms with Crippen LogP contribution in [0.2, 0.25) is 0 Å². The summed E-state index contributed by atoms with van der Waals surface area (Å²) in [6.45, 7) is 4.39. The summed E-state index contributed by atoms with van der Waals surface area (Å²) in [6.07, 6.45) is 0. The van der Waals surface area contributed by atoms with Crippen LogP contribution in [0.3, 0.4) is 0 Å². The molecule has 1 heterocycles. The third-order valence-corrected chi connectivity index (χ3v) is 2.13. The molecule has 90 valence electrons. The van der Waals surface area contributed by atoms with Crippen LogP contribution in [-0.4, -0.2) is 43.3 Å². The van der Waals surface area contributed by atoms with Crippen molar-refractivity contribution in [1.82, 2.24) is 9.97 Å². The molecule has 1 aromatic rings. The summed E-state index contributed by atoms with van der Waals surface area (Å²) in [4.78, 5) is 10.5. The standard InChI is InChI=1S/C10H19N5O/c1-8-13-9(7-10(14-8)16-2)15(5-3-11)6-4-12/h7H,3-6,11-12H2,1-2H3. The molecule has 0 spiro atoms. The van der Waals surface area contributed by atoms with Crippen LogP contribution in [0.1, 0.15) is 5.82 Å². The first kappa shape index (κ1) is 12.7. The first-order chi connectivity index (χ1) is 7.71. The first-order valence-electron chi connectivity index (χ1n) is 5.26. The van der Waals surface area contributed by atoms with Crippen molar-refractivity contribution >= 4 is 5.82 Å². The minimum atomic E-state index is 0.557. The smallest absolute Gasteiger partial charge is 0.218 e. The van der Waals surface area contributed by atoms with Gasteiger partial charge in [0.25, 0.3) is 0 Å². The number of nitrogens with two attached hydrogens (primary N) is 2. The highest BCUT2D eigenvalue weighted by Gasteiger charge is 2.09. The van der Waals surface area contributed by atoms with Crippen molar-refractivity contribution in [1.29, 1.82) is 0 Å². The van der Waals surface area contributed by atoms with E-state index < -0.39 is 0 Å². The topological polar surface area (TPSA) is 90.3 Å². The number of aromatic nitrogens is 2. The Morgan fingerprint density at radius 1 is 1.25 bits per heavy atom. The molecule has 1 aromatic heterocycles. The minimum Gasteiger partial charge on any atom is -0.481 e. The molecule has 0 bridgehead atoms. The highest BCUT2D eigenvalue weighted by molar-refractivity contribution is 5.41. The predicted octanol–water partition coefficient (Wildman–Crippen LogP) is -0.483. The van der Waals surface area contributed by atoms with Gasteiger partial charge in [0.05, 0.1) is 7.11 Å². The second-order valence-corrected chi connectivity index (χ2v) is 3.38. The van der Waals surface area contributed by atoms with Crippen LogP contribution in [0, 0.1) is 6.92 Å². The van der Waals surface area contributed by atoms with E-state index in [1.807, 2.05) is 11.8 Å². The van der Waals surface area contributed by atoms with Gasteiger partial charge < -0.3 is 21.1 Å². The Morgan fingerprint density at radius 2 is 1.88 bits per heavy atom. The summed E-state index contributed by atoms with van der Waals surface area (Å²) >= 11 is 0. The maximum absolute atomic E-state index is 5.55. The molecule has 1 rings (SSSR count). The van der Waals surface area contributed by atoms with Crippen molar-refractivity contribution in [3.8, 4) is 5.88 Å². The zero-order valence-corrected chi connectivity index (χ0v) is 9.81. The van der Waals surface area contributed by atoms with Gasteiger partial charge in [0.1, 0.15) is 11.6 Å². The van der Waals surface area contributed by atoms with Crippen LogP contribution in [0.25, 0.3) is 0 Å². The Hall–Kier alpha value is -1.40. The van der Waals surface area contributed by atoms with Gasteiger partial charge in [-0.1, -0.05) is 0 Å². The van der Waals surface area contributed by atoms with Crippen molar-refractivity contribution in [2.45, 2.75) is 6.92 Å². The number of hydrogen-bond acceptors (Lipinski definition) is 6. The van der Waals surface area contributed by atoms with Gasteiger partial charge in [0.2, 0.25) is 5.88 Å². The molecule has 0 saturated carbocycles. The predicted molar refractivity (Wildman–Crippen MR) is 63.6 cm³/mol. The second-order valence-electron chi connectivity index (χ2n) is 3.38. The van der Waals surface area contributed by atoms with E-state index in [-0.39, 0.29) is 0 Å². The fourth-order valence-electron chi connectivity index (χ4n) is 1.44. The Labute approximate surface area is 95.6 Å². The van der Waals surface area contributed by atoms with E-state index in [4.69, 9.17) is 16.2 Å². The van der Waals surface area contributed by atoms with Gasteiger partial charge in [-0.15, -0.1) is 0 Å². The number of ether oxygens (including phenoxy) is 1. The van der Waals surface area contributed by atoms with E-state index in [1.54, 1.807) is 13.2 Å². The molecule has 0 aliphatic rings. The molecule has 0 atom stereocenters. The van der Waals surface area contributed by atoms with Crippen LogP contribution in [0.4, 0.5) is 5.82 Å². The van der Waals surface area contributed by atoms with Crippen LogP contribution in [0.5, 0.6) is 5.88 Å². The zero-order chi connectivity index (χ0) is 12.0. The van der Waals surface area contributed by atoms with Crippen LogP contribution >= 0.6 is 0 Å². The number of aryl methyl sites for hydroxylation is 1. The number of rotatable bonds is 6. The van der Waals surface area contributed by atoms with E-state index in [9.17, 15) is 0 Å². The van der Waals surface area contributed by atoms with Gasteiger partial charge in [0.15, 0.2) is 0 Å². The summed E-state index contributed by atoms with van der Waals surface area (Å²) in [5, 5.41) is 0. The first-order valence-corrected chi connectivity index (χ1v) is 5.26. The second kappa shape index (κ2) is 6.24. The summed E-state index contributed by atoms with van der Waals surface area (Å²) in [5.74, 6) is 2.04. The number of methoxy groups -OCH3 is 1. The van der Waals surface area contributed by atoms with Crippen LogP contribution in [-0.2, 0) is 0 Å². The molecule has 0 aliphatic heterocycles. The Bertz CT molecular complexity index is 325. The molecular weight excluding hydrogens is 206 g/mol. The maximum Gasteiger partial charge on any atom is 0.218 e. The van der Waals surface area contributed by atoms with Gasteiger partial charge in [-0.3, -0.25) is 0 Å². The average Bonchev–Trinajstić information content (AvgIpc) is 2.28. The molecular formula is C10H19N5O. The molecule has 6 nitrogen and oxygen atoms in total. The van der Waals surface area contributed by atoms with E-state index in [1.165, 1.54) is 0 Å². The highest BCUT2D eigenvalue weighted by atomic mass is 16.5. The SMILES string of the molecule is COc1cc(N(CCN)CCN)nc(C)n1. The molecule has 4 N–H and O–H groups in total. The van der Waals surface area contributed by atoms with Gasteiger partial charge in [0, 0.05) is 32.2 Å². The monoisotopic (exact) mass is 225 g/mol. The molecule has 0 radical (unpaired) electrons. The third-order valence-electron chi connectivity index (χ3n) is 2.13. The molecule has 0 saturated heterocycles. The van der Waals surface area contributed by atoms with Crippen molar-refractivity contribution in [2.24, 2.45) is 11.5 Å². The Balaban J connectivity index is 2.93. The maximum atomic E-state index is 5.55. The fraction of sp³-hybridized carbons (Fsp3) is 0.600. The molecule has 6 heteroatoms. The van der Waals surface area contributed by atoms with E-state index >= 15 is 0 Å². The van der Waals surface area contributed by atoms with Crippen LogP contribution in [0.15, 0.2) is 6.07 Å². The highest BCUT2D eigenvalue weighted by Crippen LogP contribution is 2.16. The zero-order valence-electron chi connectivity index (χ0n) is 9.81. The normalized spacial score (nSPS) is 10.2. The number of nitrogens with zero attached hydrogens (tertiary/aromatic N) is 3. The lowest BCUT2D eigenvalue weighted by Crippen LogP contribution is -2.34. The summed E-state index contributed by atoms with van der Waals surface area (Å²) in [6, 6.07) is 1.79. The molecule has 0 aliphatic carbocycles. The van der Waals surface area contributed by atoms with Crippen molar-refractivity contribution in [2.75, 3.05) is 38.2 Å². The molecule has 0 unspecified atom stereocenters. The average molecular weight is 225 g/mol. The molecule has 16 heavy (non-hydrogen) atoms. The van der Waals surface area contributed by atoms with Crippen molar-refractivity contribution < 1.29 is 4.74 Å². The fourth-order valence-corrected chi connectivity index (χ4v) is 1.44. The Kier molecular flexibility index (Phi) is 4.94. The van der Waals surface area contributed by atoms with E-state index in [0.29, 0.717) is 24.8 Å². The minimum absolute atomic E-state index is 0.557. The van der Waals surface area contributed by atoms with Gasteiger partial charge in [-0.25, -0.2) is 4.98 Å². The van der Waals surface area contributed by atoms with Crippen molar-refractivity contribution in [3.63, 3.8) is 0 Å². The lowest BCUT2D eigenvalue weighted by atomic mass is 10.4. The molecule has 0 fully saturated rings. The van der Waals surface area contributed by atoms with Gasteiger partial charge in [-0.2, -0.15) is 4.98 Å². The third kappa shape index (κ3) is 3.32. The molecule has 0 amide bonds. The summed E-state index contributed by atoms with van der Waals surface area (Å²) in [5.41, 5.74) is 11.1. The lowest BCUT2D eigenvalue weighted by Gasteiger charge is -2.22. The number of hydrogen-bond donors (Lipinski definition) is 2. The number of anilines is 1. The summed E-state index contributed by atoms with van der Waals surface area (Å²) in [7, 11) is 1.59. The largest absolute Gasteiger partial charge is 0.481 e. The molecule has 0 aromatic carbocycles. The Morgan fingerprint density at radius 3 is 2.38 bits per heavy atom. The quantitative estimate of drug-likeness (QED) is 0.679. The van der Waals surface area contributed by atoms with E-state index in [0.717, 1.165) is 18.9 Å². The van der Waals surface area contributed by atoms with Gasteiger partial charge >= 0.3 is 0 Å². The van der Waals surface area contributed by atoms with Crippen molar-refractivity contribution in [3.05, 3.63) is 11.9 Å². The summed E-state index contributed by atoms with van der Waals surface area (Å²) < 4.78 is 5.10.